The number of allylic oxidation sites excluding steroid dienone is 1. The van der Waals surface area contributed by atoms with Crippen molar-refractivity contribution in [2.24, 2.45) is 0 Å². The minimum atomic E-state index is -4.67. The Balaban J connectivity index is 1.90. The number of ether oxygens (including phenoxy) is 3. The van der Waals surface area contributed by atoms with Gasteiger partial charge in [-0.15, -0.1) is 0 Å². The lowest BCUT2D eigenvalue weighted by molar-refractivity contribution is -0.136. The molecule has 0 unspecified atom stereocenters. The van der Waals surface area contributed by atoms with Gasteiger partial charge in [-0.05, 0) is 42.8 Å². The van der Waals surface area contributed by atoms with Crippen LogP contribution in [0.2, 0.25) is 5.02 Å². The number of hydrogen-bond acceptors (Lipinski definition) is 4. The van der Waals surface area contributed by atoms with E-state index in [0.717, 1.165) is 17.7 Å². The van der Waals surface area contributed by atoms with E-state index in [1.165, 1.54) is 13.2 Å². The maximum atomic E-state index is 13.0. The third-order valence-electron chi connectivity index (χ3n) is 3.64. The maximum Gasteiger partial charge on any atom is 0.418 e. The van der Waals surface area contributed by atoms with Gasteiger partial charge in [0, 0.05) is 5.02 Å². The third-order valence-corrected chi connectivity index (χ3v) is 3.88. The molecule has 0 spiro atoms. The summed E-state index contributed by atoms with van der Waals surface area (Å²) in [6.45, 7) is 1.70. The summed E-state index contributed by atoms with van der Waals surface area (Å²) in [6, 6.07) is 8.33. The molecular formula is C20H19ClF3NO4. The van der Waals surface area contributed by atoms with Gasteiger partial charge in [0.1, 0.15) is 13.2 Å². The fourth-order valence-corrected chi connectivity index (χ4v) is 2.56. The molecule has 9 heteroatoms. The first-order valence-electron chi connectivity index (χ1n) is 8.48. The molecule has 1 amide bonds. The molecule has 0 aliphatic rings. The van der Waals surface area contributed by atoms with Crippen LogP contribution in [0.15, 0.2) is 42.5 Å². The fourth-order valence-electron chi connectivity index (χ4n) is 2.39. The summed E-state index contributed by atoms with van der Waals surface area (Å²) >= 11 is 5.60. The van der Waals surface area contributed by atoms with Crippen molar-refractivity contribution < 1.29 is 32.2 Å². The molecule has 0 saturated heterocycles. The summed E-state index contributed by atoms with van der Waals surface area (Å²) in [5, 5.41) is 1.96. The van der Waals surface area contributed by atoms with Crippen molar-refractivity contribution in [1.29, 1.82) is 0 Å². The number of amides is 1. The minimum Gasteiger partial charge on any atom is -0.493 e. The van der Waals surface area contributed by atoms with Crippen LogP contribution in [-0.4, -0.2) is 26.4 Å². The molecule has 0 heterocycles. The van der Waals surface area contributed by atoms with E-state index in [-0.39, 0.29) is 18.2 Å². The van der Waals surface area contributed by atoms with Gasteiger partial charge in [0.25, 0.3) is 0 Å². The maximum absolute atomic E-state index is 13.0. The van der Waals surface area contributed by atoms with E-state index < -0.39 is 23.5 Å². The second kappa shape index (κ2) is 10.1. The van der Waals surface area contributed by atoms with E-state index in [0.29, 0.717) is 11.5 Å². The molecule has 2 rings (SSSR count). The Morgan fingerprint density at radius 2 is 1.90 bits per heavy atom. The minimum absolute atomic E-state index is 0.0144. The summed E-state index contributed by atoms with van der Waals surface area (Å²) < 4.78 is 54.7. The first kappa shape index (κ1) is 22.4. The highest BCUT2D eigenvalue weighted by molar-refractivity contribution is 6.30. The fraction of sp³-hybridized carbons (Fsp3) is 0.250. The number of methoxy groups -OCH3 is 1. The molecule has 29 heavy (non-hydrogen) atoms. The van der Waals surface area contributed by atoms with Gasteiger partial charge in [-0.2, -0.15) is 13.2 Å². The molecular weight excluding hydrogens is 411 g/mol. The van der Waals surface area contributed by atoms with E-state index in [1.807, 2.05) is 25.1 Å². The van der Waals surface area contributed by atoms with Crippen molar-refractivity contribution >= 4 is 29.5 Å². The SMILES string of the molecule is C/C=C\c1ccc(OCCOC(=O)Nc2ccc(Cl)cc2C(F)(F)F)c(OC)c1. The van der Waals surface area contributed by atoms with Gasteiger partial charge in [-0.25, -0.2) is 4.79 Å². The highest BCUT2D eigenvalue weighted by Gasteiger charge is 2.34. The highest BCUT2D eigenvalue weighted by atomic mass is 35.5. The summed E-state index contributed by atoms with van der Waals surface area (Å²) in [7, 11) is 1.50. The molecule has 0 aliphatic carbocycles. The summed E-state index contributed by atoms with van der Waals surface area (Å²) in [5.41, 5.74) is -0.589. The molecule has 1 N–H and O–H groups in total. The van der Waals surface area contributed by atoms with Crippen LogP contribution in [-0.2, 0) is 10.9 Å². The van der Waals surface area contributed by atoms with E-state index in [9.17, 15) is 18.0 Å². The average molecular weight is 430 g/mol. The number of halogens is 4. The highest BCUT2D eigenvalue weighted by Crippen LogP contribution is 2.36. The second-order valence-electron chi connectivity index (χ2n) is 5.71. The molecule has 0 saturated carbocycles. The quantitative estimate of drug-likeness (QED) is 0.546. The Bertz CT molecular complexity index is 885. The Morgan fingerprint density at radius 3 is 2.55 bits per heavy atom. The Labute approximate surface area is 171 Å². The van der Waals surface area contributed by atoms with Crippen LogP contribution in [0, 0.1) is 0 Å². The van der Waals surface area contributed by atoms with Crippen molar-refractivity contribution in [3.05, 3.63) is 58.6 Å². The van der Waals surface area contributed by atoms with Crippen molar-refractivity contribution in [3.63, 3.8) is 0 Å². The average Bonchev–Trinajstić information content (AvgIpc) is 2.66. The Kier molecular flexibility index (Phi) is 7.78. The van der Waals surface area contributed by atoms with Gasteiger partial charge in [-0.1, -0.05) is 29.8 Å². The molecule has 0 atom stereocenters. The largest absolute Gasteiger partial charge is 0.493 e. The Morgan fingerprint density at radius 1 is 1.14 bits per heavy atom. The number of alkyl halides is 3. The van der Waals surface area contributed by atoms with Crippen LogP contribution in [0.25, 0.3) is 6.08 Å². The van der Waals surface area contributed by atoms with Crippen LogP contribution in [0.5, 0.6) is 11.5 Å². The van der Waals surface area contributed by atoms with Gasteiger partial charge >= 0.3 is 12.3 Å². The first-order valence-corrected chi connectivity index (χ1v) is 8.86. The van der Waals surface area contributed by atoms with Gasteiger partial charge in [-0.3, -0.25) is 5.32 Å². The summed E-state index contributed by atoms with van der Waals surface area (Å²) in [5.74, 6) is 0.947. The van der Waals surface area contributed by atoms with Crippen molar-refractivity contribution in [2.75, 3.05) is 25.6 Å². The predicted molar refractivity (Wildman–Crippen MR) is 105 cm³/mol. The third kappa shape index (κ3) is 6.60. The number of rotatable bonds is 7. The molecule has 0 aliphatic heterocycles. The molecule has 2 aromatic carbocycles. The van der Waals surface area contributed by atoms with Crippen LogP contribution in [0.1, 0.15) is 18.1 Å². The zero-order valence-electron chi connectivity index (χ0n) is 15.7. The van der Waals surface area contributed by atoms with Crippen molar-refractivity contribution in [3.8, 4) is 11.5 Å². The van der Waals surface area contributed by atoms with Crippen LogP contribution < -0.4 is 14.8 Å². The van der Waals surface area contributed by atoms with E-state index in [4.69, 9.17) is 25.8 Å². The van der Waals surface area contributed by atoms with Crippen LogP contribution >= 0.6 is 11.6 Å². The smallest absolute Gasteiger partial charge is 0.418 e. The number of carbonyl (C=O) groups is 1. The Hall–Kier alpha value is -2.87. The monoisotopic (exact) mass is 429 g/mol. The molecule has 156 valence electrons. The summed E-state index contributed by atoms with van der Waals surface area (Å²) in [6.07, 6.45) is -1.94. The van der Waals surface area contributed by atoms with E-state index >= 15 is 0 Å². The zero-order valence-corrected chi connectivity index (χ0v) is 16.4. The molecule has 0 aromatic heterocycles. The predicted octanol–water partition coefficient (Wildman–Crippen LogP) is 6.03. The number of carbonyl (C=O) groups excluding carboxylic acids is 1. The lowest BCUT2D eigenvalue weighted by atomic mass is 10.1. The van der Waals surface area contributed by atoms with Gasteiger partial charge in [0.05, 0.1) is 18.4 Å². The number of nitrogens with one attached hydrogen (secondary N) is 1. The van der Waals surface area contributed by atoms with Gasteiger partial charge in [0.15, 0.2) is 11.5 Å². The van der Waals surface area contributed by atoms with Crippen molar-refractivity contribution in [2.45, 2.75) is 13.1 Å². The molecule has 0 bridgehead atoms. The molecule has 0 fully saturated rings. The number of hydrogen-bond donors (Lipinski definition) is 1. The molecule has 0 radical (unpaired) electrons. The van der Waals surface area contributed by atoms with Gasteiger partial charge in [0.2, 0.25) is 0 Å². The normalized spacial score (nSPS) is 11.4. The number of anilines is 1. The summed E-state index contributed by atoms with van der Waals surface area (Å²) in [4.78, 5) is 11.8. The van der Waals surface area contributed by atoms with E-state index in [2.05, 4.69) is 5.32 Å². The molecule has 5 nitrogen and oxygen atoms in total. The number of benzene rings is 2. The van der Waals surface area contributed by atoms with Crippen molar-refractivity contribution in [1.82, 2.24) is 0 Å². The second-order valence-corrected chi connectivity index (χ2v) is 6.14. The standard InChI is InChI=1S/C20H19ClF3NO4/c1-3-4-13-5-8-17(18(11-13)27-2)28-9-10-29-19(26)25-16-7-6-14(21)12-15(16)20(22,23)24/h3-8,11-12H,9-10H2,1-2H3,(H,25,26)/b4-3-. The van der Waals surface area contributed by atoms with Crippen LogP contribution in [0.4, 0.5) is 23.7 Å². The zero-order chi connectivity index (χ0) is 21.4. The van der Waals surface area contributed by atoms with Gasteiger partial charge < -0.3 is 14.2 Å². The topological polar surface area (TPSA) is 56.8 Å². The lowest BCUT2D eigenvalue weighted by Gasteiger charge is -2.15. The van der Waals surface area contributed by atoms with E-state index in [1.54, 1.807) is 12.1 Å². The first-order chi connectivity index (χ1) is 13.7. The molecule has 2 aromatic rings. The lowest BCUT2D eigenvalue weighted by Crippen LogP contribution is -2.20. The van der Waals surface area contributed by atoms with Crippen LogP contribution in [0.3, 0.4) is 0 Å².